The van der Waals surface area contributed by atoms with Crippen molar-refractivity contribution in [1.29, 1.82) is 0 Å². The maximum atomic E-state index is 12.2. The standard InChI is InChI=1S/C19H18ClN3O3/c1-12-10-15(8-9-16(12)20)25-13(2)19(24)21-11-17-22-18(23-26-17)14-6-4-3-5-7-14/h3-10,13H,11H2,1-2H3,(H,21,24). The topological polar surface area (TPSA) is 77.2 Å². The van der Waals surface area contributed by atoms with E-state index in [2.05, 4.69) is 15.5 Å². The predicted octanol–water partition coefficient (Wildman–Crippen LogP) is 3.78. The Kier molecular flexibility index (Phi) is 5.53. The summed E-state index contributed by atoms with van der Waals surface area (Å²) in [5.74, 6) is 1.11. The zero-order chi connectivity index (χ0) is 18.5. The first-order valence-electron chi connectivity index (χ1n) is 8.11. The smallest absolute Gasteiger partial charge is 0.261 e. The van der Waals surface area contributed by atoms with E-state index in [0.717, 1.165) is 11.1 Å². The number of aromatic nitrogens is 2. The molecular weight excluding hydrogens is 354 g/mol. The van der Waals surface area contributed by atoms with Gasteiger partial charge in [-0.05, 0) is 37.6 Å². The Morgan fingerprint density at radius 3 is 2.77 bits per heavy atom. The van der Waals surface area contributed by atoms with Gasteiger partial charge in [0.1, 0.15) is 5.75 Å². The summed E-state index contributed by atoms with van der Waals surface area (Å²) in [5.41, 5.74) is 1.74. The second-order valence-electron chi connectivity index (χ2n) is 5.77. The maximum absolute atomic E-state index is 12.2. The van der Waals surface area contributed by atoms with Crippen LogP contribution in [0.15, 0.2) is 53.1 Å². The number of amides is 1. The number of halogens is 1. The fourth-order valence-corrected chi connectivity index (χ4v) is 2.40. The van der Waals surface area contributed by atoms with Crippen LogP contribution in [0, 0.1) is 6.92 Å². The first-order chi connectivity index (χ1) is 12.5. The maximum Gasteiger partial charge on any atom is 0.261 e. The van der Waals surface area contributed by atoms with Gasteiger partial charge < -0.3 is 14.6 Å². The molecule has 3 rings (SSSR count). The monoisotopic (exact) mass is 371 g/mol. The van der Waals surface area contributed by atoms with Crippen LogP contribution in [0.2, 0.25) is 5.02 Å². The highest BCUT2D eigenvalue weighted by molar-refractivity contribution is 6.31. The molecule has 0 aliphatic heterocycles. The lowest BCUT2D eigenvalue weighted by Gasteiger charge is -2.14. The highest BCUT2D eigenvalue weighted by Crippen LogP contribution is 2.22. The lowest BCUT2D eigenvalue weighted by Crippen LogP contribution is -2.36. The molecule has 1 unspecified atom stereocenters. The van der Waals surface area contributed by atoms with E-state index in [1.807, 2.05) is 37.3 Å². The van der Waals surface area contributed by atoms with Crippen LogP contribution in [0.25, 0.3) is 11.4 Å². The molecular formula is C19H18ClN3O3. The third-order valence-electron chi connectivity index (χ3n) is 3.73. The molecule has 0 bridgehead atoms. The summed E-state index contributed by atoms with van der Waals surface area (Å²) in [6.07, 6.45) is -0.674. The van der Waals surface area contributed by atoms with Crippen LogP contribution in [0.1, 0.15) is 18.4 Å². The molecule has 1 N–H and O–H groups in total. The van der Waals surface area contributed by atoms with Crippen LogP contribution < -0.4 is 10.1 Å². The number of benzene rings is 2. The van der Waals surface area contributed by atoms with Gasteiger partial charge in [-0.2, -0.15) is 4.98 Å². The minimum Gasteiger partial charge on any atom is -0.481 e. The molecule has 6 nitrogen and oxygen atoms in total. The Morgan fingerprint density at radius 2 is 2.04 bits per heavy atom. The lowest BCUT2D eigenvalue weighted by atomic mass is 10.2. The number of nitrogens with zero attached hydrogens (tertiary/aromatic N) is 2. The zero-order valence-electron chi connectivity index (χ0n) is 14.4. The van der Waals surface area contributed by atoms with Gasteiger partial charge in [0.05, 0.1) is 6.54 Å². The molecule has 0 radical (unpaired) electrons. The summed E-state index contributed by atoms with van der Waals surface area (Å²) in [7, 11) is 0. The Balaban J connectivity index is 1.55. The Labute approximate surface area is 156 Å². The van der Waals surface area contributed by atoms with E-state index in [4.69, 9.17) is 20.9 Å². The van der Waals surface area contributed by atoms with E-state index in [1.54, 1.807) is 25.1 Å². The summed E-state index contributed by atoms with van der Waals surface area (Å²) in [6, 6.07) is 14.7. The predicted molar refractivity (Wildman–Crippen MR) is 97.9 cm³/mol. The number of hydrogen-bond acceptors (Lipinski definition) is 5. The Morgan fingerprint density at radius 1 is 1.27 bits per heavy atom. The first-order valence-corrected chi connectivity index (χ1v) is 8.49. The third kappa shape index (κ3) is 4.40. The zero-order valence-corrected chi connectivity index (χ0v) is 15.2. The molecule has 1 aromatic heterocycles. The summed E-state index contributed by atoms with van der Waals surface area (Å²) < 4.78 is 10.8. The summed E-state index contributed by atoms with van der Waals surface area (Å²) in [6.45, 7) is 3.67. The number of nitrogens with one attached hydrogen (secondary N) is 1. The number of ether oxygens (including phenoxy) is 1. The molecule has 0 aliphatic rings. The molecule has 0 saturated carbocycles. The molecule has 26 heavy (non-hydrogen) atoms. The Bertz CT molecular complexity index is 896. The molecule has 134 valence electrons. The van der Waals surface area contributed by atoms with Gasteiger partial charge in [-0.25, -0.2) is 0 Å². The molecule has 0 aliphatic carbocycles. The average molecular weight is 372 g/mol. The van der Waals surface area contributed by atoms with Crippen molar-refractivity contribution in [3.8, 4) is 17.1 Å². The normalized spacial score (nSPS) is 11.8. The van der Waals surface area contributed by atoms with Gasteiger partial charge in [-0.3, -0.25) is 4.79 Å². The largest absolute Gasteiger partial charge is 0.481 e. The van der Waals surface area contributed by atoms with Crippen molar-refractivity contribution >= 4 is 17.5 Å². The van der Waals surface area contributed by atoms with Crippen LogP contribution in [0.5, 0.6) is 5.75 Å². The van der Waals surface area contributed by atoms with Gasteiger partial charge in [0.2, 0.25) is 11.7 Å². The van der Waals surface area contributed by atoms with Crippen LogP contribution >= 0.6 is 11.6 Å². The number of carbonyl (C=O) groups excluding carboxylic acids is 1. The fraction of sp³-hybridized carbons (Fsp3) is 0.211. The summed E-state index contributed by atoms with van der Waals surface area (Å²) in [5, 5.41) is 7.29. The number of hydrogen-bond donors (Lipinski definition) is 1. The fourth-order valence-electron chi connectivity index (χ4n) is 2.29. The minimum atomic E-state index is -0.674. The molecule has 2 aromatic carbocycles. The van der Waals surface area contributed by atoms with Gasteiger partial charge in [0.15, 0.2) is 6.10 Å². The lowest BCUT2D eigenvalue weighted by molar-refractivity contribution is -0.127. The first kappa shape index (κ1) is 17.9. The molecule has 1 atom stereocenters. The minimum absolute atomic E-state index is 0.131. The Hall–Kier alpha value is -2.86. The van der Waals surface area contributed by atoms with Crippen molar-refractivity contribution in [2.75, 3.05) is 0 Å². The number of aryl methyl sites for hydroxylation is 1. The molecule has 0 saturated heterocycles. The van der Waals surface area contributed by atoms with Crippen molar-refractivity contribution in [1.82, 2.24) is 15.5 Å². The van der Waals surface area contributed by atoms with Crippen molar-refractivity contribution in [3.63, 3.8) is 0 Å². The summed E-state index contributed by atoms with van der Waals surface area (Å²) >= 11 is 5.99. The van der Waals surface area contributed by atoms with Gasteiger partial charge in [0, 0.05) is 10.6 Å². The third-order valence-corrected chi connectivity index (χ3v) is 4.15. The van der Waals surface area contributed by atoms with Crippen LogP contribution in [0.4, 0.5) is 0 Å². The highest BCUT2D eigenvalue weighted by Gasteiger charge is 2.16. The SMILES string of the molecule is Cc1cc(OC(C)C(=O)NCc2nc(-c3ccccc3)no2)ccc1Cl. The van der Waals surface area contributed by atoms with Crippen LogP contribution in [-0.2, 0) is 11.3 Å². The number of rotatable bonds is 6. The van der Waals surface area contributed by atoms with E-state index in [9.17, 15) is 4.79 Å². The molecule has 1 amide bonds. The molecule has 7 heteroatoms. The molecule has 1 heterocycles. The second kappa shape index (κ2) is 8.01. The van der Waals surface area contributed by atoms with Crippen molar-refractivity contribution < 1.29 is 14.1 Å². The van der Waals surface area contributed by atoms with E-state index in [1.165, 1.54) is 0 Å². The quantitative estimate of drug-likeness (QED) is 0.713. The van der Waals surface area contributed by atoms with E-state index in [0.29, 0.717) is 22.5 Å². The van der Waals surface area contributed by atoms with Crippen molar-refractivity contribution in [2.24, 2.45) is 0 Å². The van der Waals surface area contributed by atoms with E-state index in [-0.39, 0.29) is 12.5 Å². The van der Waals surface area contributed by atoms with Gasteiger partial charge in [-0.15, -0.1) is 0 Å². The van der Waals surface area contributed by atoms with Crippen LogP contribution in [0.3, 0.4) is 0 Å². The van der Waals surface area contributed by atoms with E-state index >= 15 is 0 Å². The van der Waals surface area contributed by atoms with Gasteiger partial charge in [-0.1, -0.05) is 47.1 Å². The molecule has 0 spiro atoms. The van der Waals surface area contributed by atoms with Gasteiger partial charge >= 0.3 is 0 Å². The van der Waals surface area contributed by atoms with E-state index < -0.39 is 6.10 Å². The van der Waals surface area contributed by atoms with Gasteiger partial charge in [0.25, 0.3) is 5.91 Å². The average Bonchev–Trinajstić information content (AvgIpc) is 3.12. The summed E-state index contributed by atoms with van der Waals surface area (Å²) in [4.78, 5) is 16.5. The van der Waals surface area contributed by atoms with Crippen molar-refractivity contribution in [2.45, 2.75) is 26.5 Å². The highest BCUT2D eigenvalue weighted by atomic mass is 35.5. The number of carbonyl (C=O) groups is 1. The van der Waals surface area contributed by atoms with Crippen molar-refractivity contribution in [3.05, 3.63) is 65.0 Å². The molecule has 0 fully saturated rings. The molecule has 3 aromatic rings. The second-order valence-corrected chi connectivity index (χ2v) is 6.17. The van der Waals surface area contributed by atoms with Crippen LogP contribution in [-0.4, -0.2) is 22.2 Å².